The summed E-state index contributed by atoms with van der Waals surface area (Å²) >= 11 is 0. The van der Waals surface area contributed by atoms with E-state index in [1.807, 2.05) is 6.92 Å². The molecule has 2 fully saturated rings. The van der Waals surface area contributed by atoms with E-state index in [-0.39, 0.29) is 18.1 Å². The Morgan fingerprint density at radius 3 is 3.00 bits per heavy atom. The molecule has 102 valence electrons. The molecule has 1 aromatic heterocycles. The van der Waals surface area contributed by atoms with Gasteiger partial charge in [0, 0.05) is 11.3 Å². The number of fused-ring (bicyclic) bond motifs is 2. The number of ether oxygens (including phenoxy) is 1. The van der Waals surface area contributed by atoms with E-state index in [4.69, 9.17) is 10.5 Å². The number of nitrogens with one attached hydrogen (secondary N) is 1. The Morgan fingerprint density at radius 1 is 1.53 bits per heavy atom. The summed E-state index contributed by atoms with van der Waals surface area (Å²) in [7, 11) is 0. The van der Waals surface area contributed by atoms with Gasteiger partial charge < -0.3 is 15.8 Å². The van der Waals surface area contributed by atoms with E-state index in [1.54, 1.807) is 12.1 Å². The average molecular weight is 261 g/mol. The van der Waals surface area contributed by atoms with Gasteiger partial charge in [0.25, 0.3) is 5.91 Å². The van der Waals surface area contributed by atoms with Crippen molar-refractivity contribution in [3.63, 3.8) is 0 Å². The maximum absolute atomic E-state index is 12.2. The SMILES string of the molecule is CCc1cc(C(=O)NC2CC3CCC2O3)cc(N)n1. The maximum atomic E-state index is 12.2. The number of pyridine rings is 1. The van der Waals surface area contributed by atoms with Crippen molar-refractivity contribution in [2.45, 2.75) is 50.9 Å². The number of amides is 1. The number of hydrogen-bond acceptors (Lipinski definition) is 4. The lowest BCUT2D eigenvalue weighted by Crippen LogP contribution is -2.41. The van der Waals surface area contributed by atoms with Crippen molar-refractivity contribution in [1.29, 1.82) is 0 Å². The first-order valence-corrected chi connectivity index (χ1v) is 6.88. The van der Waals surface area contributed by atoms with Gasteiger partial charge in [0.2, 0.25) is 0 Å². The van der Waals surface area contributed by atoms with Crippen LogP contribution in [0.4, 0.5) is 5.82 Å². The van der Waals surface area contributed by atoms with Gasteiger partial charge in [-0.15, -0.1) is 0 Å². The van der Waals surface area contributed by atoms with Crippen molar-refractivity contribution in [1.82, 2.24) is 10.3 Å². The molecule has 2 aliphatic heterocycles. The van der Waals surface area contributed by atoms with Gasteiger partial charge in [-0.25, -0.2) is 4.98 Å². The smallest absolute Gasteiger partial charge is 0.251 e. The highest BCUT2D eigenvalue weighted by atomic mass is 16.5. The molecule has 3 rings (SSSR count). The number of aromatic nitrogens is 1. The minimum Gasteiger partial charge on any atom is -0.384 e. The number of carbonyl (C=O) groups excluding carboxylic acids is 1. The van der Waals surface area contributed by atoms with Crippen molar-refractivity contribution in [3.8, 4) is 0 Å². The molecule has 3 atom stereocenters. The number of nitrogens with zero attached hydrogens (tertiary/aromatic N) is 1. The number of nitrogens with two attached hydrogens (primary N) is 1. The zero-order chi connectivity index (χ0) is 13.4. The molecule has 2 saturated heterocycles. The van der Waals surface area contributed by atoms with Gasteiger partial charge in [-0.2, -0.15) is 0 Å². The van der Waals surface area contributed by atoms with Crippen LogP contribution < -0.4 is 11.1 Å². The molecule has 0 spiro atoms. The van der Waals surface area contributed by atoms with Crippen LogP contribution in [0, 0.1) is 0 Å². The van der Waals surface area contributed by atoms with Crippen LogP contribution in [0.2, 0.25) is 0 Å². The van der Waals surface area contributed by atoms with Crippen LogP contribution in [0.15, 0.2) is 12.1 Å². The van der Waals surface area contributed by atoms with Crippen LogP contribution in [0.1, 0.15) is 42.2 Å². The summed E-state index contributed by atoms with van der Waals surface area (Å²) in [5, 5.41) is 3.06. The first-order valence-electron chi connectivity index (χ1n) is 6.88. The Morgan fingerprint density at radius 2 is 2.37 bits per heavy atom. The molecule has 0 aromatic carbocycles. The summed E-state index contributed by atoms with van der Waals surface area (Å²) in [6, 6.07) is 3.58. The second-order valence-electron chi connectivity index (χ2n) is 5.32. The first-order chi connectivity index (χ1) is 9.15. The predicted molar refractivity (Wildman–Crippen MR) is 71.8 cm³/mol. The lowest BCUT2D eigenvalue weighted by molar-refractivity contribution is 0.0841. The fourth-order valence-electron chi connectivity index (χ4n) is 2.96. The number of hydrogen-bond donors (Lipinski definition) is 2. The molecule has 0 saturated carbocycles. The van der Waals surface area contributed by atoms with Gasteiger partial charge in [0.15, 0.2) is 0 Å². The van der Waals surface area contributed by atoms with Gasteiger partial charge in [0.05, 0.1) is 18.2 Å². The Bertz CT molecular complexity index is 503. The molecule has 5 heteroatoms. The third-order valence-corrected chi connectivity index (χ3v) is 3.95. The molecule has 0 aliphatic carbocycles. The minimum atomic E-state index is -0.0787. The van der Waals surface area contributed by atoms with E-state index >= 15 is 0 Å². The molecule has 5 nitrogen and oxygen atoms in total. The van der Waals surface area contributed by atoms with E-state index in [2.05, 4.69) is 10.3 Å². The second-order valence-corrected chi connectivity index (χ2v) is 5.32. The number of rotatable bonds is 3. The van der Waals surface area contributed by atoms with Crippen molar-refractivity contribution in [3.05, 3.63) is 23.4 Å². The Balaban J connectivity index is 1.72. The third kappa shape index (κ3) is 2.42. The van der Waals surface area contributed by atoms with Gasteiger partial charge in [-0.05, 0) is 37.8 Å². The van der Waals surface area contributed by atoms with Crippen molar-refractivity contribution in [2.75, 3.05) is 5.73 Å². The summed E-state index contributed by atoms with van der Waals surface area (Å²) in [5.74, 6) is 0.318. The molecule has 3 heterocycles. The lowest BCUT2D eigenvalue weighted by Gasteiger charge is -2.20. The van der Waals surface area contributed by atoms with Crippen LogP contribution >= 0.6 is 0 Å². The van der Waals surface area contributed by atoms with Crippen LogP contribution in [-0.4, -0.2) is 29.1 Å². The standard InChI is InChI=1S/C14H19N3O2/c1-2-9-5-8(6-13(15)16-9)14(18)17-11-7-10-3-4-12(11)19-10/h5-6,10-12H,2-4,7H2,1H3,(H2,15,16)(H,17,18). The highest BCUT2D eigenvalue weighted by molar-refractivity contribution is 5.95. The molecular weight excluding hydrogens is 242 g/mol. The van der Waals surface area contributed by atoms with Crippen molar-refractivity contribution in [2.24, 2.45) is 0 Å². The van der Waals surface area contributed by atoms with E-state index in [0.29, 0.717) is 17.5 Å². The highest BCUT2D eigenvalue weighted by Gasteiger charge is 2.41. The van der Waals surface area contributed by atoms with E-state index in [9.17, 15) is 4.79 Å². The van der Waals surface area contributed by atoms with Gasteiger partial charge in [0.1, 0.15) is 5.82 Å². The van der Waals surface area contributed by atoms with E-state index in [1.165, 1.54) is 0 Å². The third-order valence-electron chi connectivity index (χ3n) is 3.95. The largest absolute Gasteiger partial charge is 0.384 e. The number of anilines is 1. The fraction of sp³-hybridized carbons (Fsp3) is 0.571. The summed E-state index contributed by atoms with van der Waals surface area (Å²) in [4.78, 5) is 16.4. The summed E-state index contributed by atoms with van der Waals surface area (Å²) in [6.07, 6.45) is 4.40. The van der Waals surface area contributed by atoms with Gasteiger partial charge in [-0.3, -0.25) is 4.79 Å². The number of carbonyl (C=O) groups is 1. The monoisotopic (exact) mass is 261 g/mol. The quantitative estimate of drug-likeness (QED) is 0.859. The van der Waals surface area contributed by atoms with Gasteiger partial charge in [-0.1, -0.05) is 6.92 Å². The molecule has 2 aliphatic rings. The molecular formula is C14H19N3O2. The Hall–Kier alpha value is -1.62. The van der Waals surface area contributed by atoms with Crippen molar-refractivity contribution >= 4 is 11.7 Å². The lowest BCUT2D eigenvalue weighted by atomic mass is 9.95. The zero-order valence-corrected chi connectivity index (χ0v) is 11.1. The molecule has 1 aromatic rings. The molecule has 3 unspecified atom stereocenters. The second kappa shape index (κ2) is 4.81. The molecule has 0 radical (unpaired) electrons. The van der Waals surface area contributed by atoms with E-state index < -0.39 is 0 Å². The van der Waals surface area contributed by atoms with E-state index in [0.717, 1.165) is 31.4 Å². The average Bonchev–Trinajstić information content (AvgIpc) is 3.00. The highest BCUT2D eigenvalue weighted by Crippen LogP contribution is 2.34. The zero-order valence-electron chi connectivity index (χ0n) is 11.1. The number of nitrogen functional groups attached to an aromatic ring is 1. The molecule has 3 N–H and O–H groups in total. The predicted octanol–water partition coefficient (Wildman–Crippen LogP) is 1.28. The molecule has 19 heavy (non-hydrogen) atoms. The summed E-state index contributed by atoms with van der Waals surface area (Å²) in [6.45, 7) is 1.99. The topological polar surface area (TPSA) is 77.2 Å². The fourth-order valence-corrected chi connectivity index (χ4v) is 2.96. The summed E-state index contributed by atoms with van der Waals surface area (Å²) < 4.78 is 5.74. The first kappa shape index (κ1) is 12.4. The Kier molecular flexibility index (Phi) is 3.14. The van der Waals surface area contributed by atoms with Crippen LogP contribution in [0.3, 0.4) is 0 Å². The van der Waals surface area contributed by atoms with Crippen molar-refractivity contribution < 1.29 is 9.53 Å². The molecule has 2 bridgehead atoms. The summed E-state index contributed by atoms with van der Waals surface area (Å²) in [5.41, 5.74) is 7.16. The number of aryl methyl sites for hydroxylation is 1. The molecule has 1 amide bonds. The normalized spacial score (nSPS) is 28.6. The Labute approximate surface area is 112 Å². The minimum absolute atomic E-state index is 0.0787. The van der Waals surface area contributed by atoms with Crippen LogP contribution in [0.5, 0.6) is 0 Å². The van der Waals surface area contributed by atoms with Crippen LogP contribution in [0.25, 0.3) is 0 Å². The van der Waals surface area contributed by atoms with Crippen LogP contribution in [-0.2, 0) is 11.2 Å². The van der Waals surface area contributed by atoms with Gasteiger partial charge >= 0.3 is 0 Å². The maximum Gasteiger partial charge on any atom is 0.251 e.